The Morgan fingerprint density at radius 3 is 2.64 bits per heavy atom. The number of hydrogen-bond donors (Lipinski definition) is 0. The van der Waals surface area contributed by atoms with Gasteiger partial charge in [0, 0.05) is 24.7 Å². The first-order valence-corrected chi connectivity index (χ1v) is 10.2. The van der Waals surface area contributed by atoms with Crippen molar-refractivity contribution < 1.29 is 14.4 Å². The maximum absolute atomic E-state index is 12.2. The van der Waals surface area contributed by atoms with E-state index in [4.69, 9.17) is 9.57 Å². The Kier molecular flexibility index (Phi) is 5.68. The van der Waals surface area contributed by atoms with E-state index >= 15 is 0 Å². The number of nitrogens with zero attached hydrogens (tertiary/aromatic N) is 2. The van der Waals surface area contributed by atoms with E-state index in [9.17, 15) is 4.79 Å². The molecule has 0 saturated carbocycles. The number of hydroxylamine groups is 2. The Balaban J connectivity index is 1.61. The fraction of sp³-hybridized carbons (Fsp3) is 0.737. The number of carbonyl (C=O) groups is 1. The van der Waals surface area contributed by atoms with E-state index in [1.54, 1.807) is 7.11 Å². The summed E-state index contributed by atoms with van der Waals surface area (Å²) in [6.45, 7) is 7.22. The molecule has 3 heterocycles. The molecule has 1 amide bonds. The quantitative estimate of drug-likeness (QED) is 0.718. The molecular formula is C19H30N2O3S. The van der Waals surface area contributed by atoms with Gasteiger partial charge in [-0.2, -0.15) is 0 Å². The third-order valence-electron chi connectivity index (χ3n) is 4.89. The van der Waals surface area contributed by atoms with Gasteiger partial charge in [-0.25, -0.2) is 9.86 Å². The molecule has 1 fully saturated rings. The van der Waals surface area contributed by atoms with Crippen molar-refractivity contribution in [2.24, 2.45) is 5.92 Å². The molecule has 25 heavy (non-hydrogen) atoms. The van der Waals surface area contributed by atoms with Gasteiger partial charge in [0.25, 0.3) is 0 Å². The van der Waals surface area contributed by atoms with Gasteiger partial charge in [-0.3, -0.25) is 4.84 Å². The SMILES string of the molecule is CON1C(C2CCN(C(=O)OC(C)(C)C)CC2)=CCC2=C1SCCC2. The van der Waals surface area contributed by atoms with Crippen LogP contribution in [-0.4, -0.2) is 47.6 Å². The number of likely N-dealkylation sites (tertiary alicyclic amines) is 1. The summed E-state index contributed by atoms with van der Waals surface area (Å²) >= 11 is 1.91. The van der Waals surface area contributed by atoms with Crippen molar-refractivity contribution >= 4 is 17.9 Å². The van der Waals surface area contributed by atoms with Gasteiger partial charge in [0.1, 0.15) is 10.6 Å². The Labute approximate surface area is 155 Å². The number of ether oxygens (including phenoxy) is 1. The molecule has 0 spiro atoms. The van der Waals surface area contributed by atoms with Gasteiger partial charge in [0.2, 0.25) is 0 Å². The highest BCUT2D eigenvalue weighted by atomic mass is 32.2. The molecule has 0 aromatic heterocycles. The van der Waals surface area contributed by atoms with Gasteiger partial charge in [-0.15, -0.1) is 11.8 Å². The van der Waals surface area contributed by atoms with Crippen LogP contribution in [0.2, 0.25) is 0 Å². The lowest BCUT2D eigenvalue weighted by molar-refractivity contribution is -0.0752. The Bertz CT molecular complexity index is 572. The molecule has 0 atom stereocenters. The summed E-state index contributed by atoms with van der Waals surface area (Å²) in [6.07, 6.45) is 7.55. The average Bonchev–Trinajstić information content (AvgIpc) is 2.59. The van der Waals surface area contributed by atoms with Crippen molar-refractivity contribution in [3.63, 3.8) is 0 Å². The second-order valence-electron chi connectivity index (χ2n) is 7.91. The van der Waals surface area contributed by atoms with E-state index in [-0.39, 0.29) is 6.09 Å². The molecule has 5 nitrogen and oxygen atoms in total. The molecule has 3 aliphatic rings. The second kappa shape index (κ2) is 7.62. The minimum atomic E-state index is -0.437. The molecule has 0 aromatic rings. The minimum Gasteiger partial charge on any atom is -0.444 e. The zero-order valence-corrected chi connectivity index (χ0v) is 16.7. The molecule has 3 aliphatic heterocycles. The van der Waals surface area contributed by atoms with E-state index in [1.807, 2.05) is 37.4 Å². The number of piperidine rings is 1. The third-order valence-corrected chi connectivity index (χ3v) is 6.11. The highest BCUT2D eigenvalue weighted by Gasteiger charge is 2.33. The van der Waals surface area contributed by atoms with Crippen LogP contribution in [0.4, 0.5) is 4.79 Å². The van der Waals surface area contributed by atoms with Crippen LogP contribution in [-0.2, 0) is 9.57 Å². The normalized spacial score (nSPS) is 22.6. The third kappa shape index (κ3) is 4.34. The van der Waals surface area contributed by atoms with Gasteiger partial charge >= 0.3 is 6.09 Å². The van der Waals surface area contributed by atoms with Crippen molar-refractivity contribution in [1.82, 2.24) is 9.96 Å². The maximum Gasteiger partial charge on any atom is 0.410 e. The average molecular weight is 367 g/mol. The molecule has 140 valence electrons. The molecule has 3 rings (SSSR count). The van der Waals surface area contributed by atoms with Crippen molar-refractivity contribution in [2.45, 2.75) is 58.5 Å². The lowest BCUT2D eigenvalue weighted by Crippen LogP contribution is -2.43. The summed E-state index contributed by atoms with van der Waals surface area (Å²) in [5.74, 6) is 1.61. The van der Waals surface area contributed by atoms with Gasteiger partial charge in [-0.05, 0) is 64.2 Å². The molecule has 6 heteroatoms. The molecule has 0 N–H and O–H groups in total. The van der Waals surface area contributed by atoms with Crippen molar-refractivity contribution in [1.29, 1.82) is 0 Å². The van der Waals surface area contributed by atoms with E-state index in [2.05, 4.69) is 11.1 Å². The highest BCUT2D eigenvalue weighted by molar-refractivity contribution is 8.03. The van der Waals surface area contributed by atoms with Crippen LogP contribution in [0, 0.1) is 5.92 Å². The van der Waals surface area contributed by atoms with Gasteiger partial charge < -0.3 is 9.64 Å². The smallest absolute Gasteiger partial charge is 0.410 e. The molecule has 0 radical (unpaired) electrons. The maximum atomic E-state index is 12.2. The van der Waals surface area contributed by atoms with Crippen LogP contribution in [0.15, 0.2) is 22.4 Å². The summed E-state index contributed by atoms with van der Waals surface area (Å²) in [7, 11) is 1.76. The van der Waals surface area contributed by atoms with Crippen LogP contribution in [0.25, 0.3) is 0 Å². The van der Waals surface area contributed by atoms with E-state index in [0.29, 0.717) is 5.92 Å². The molecule has 0 aliphatic carbocycles. The monoisotopic (exact) mass is 366 g/mol. The summed E-state index contributed by atoms with van der Waals surface area (Å²) < 4.78 is 5.50. The fourth-order valence-corrected chi connectivity index (χ4v) is 4.86. The lowest BCUT2D eigenvalue weighted by Gasteiger charge is -2.40. The standard InChI is InChI=1S/C19H30N2O3S/c1-19(2,3)24-18(22)20-11-9-14(10-12-20)16-8-7-15-6-5-13-25-17(15)21(16)23-4/h8,14H,5-7,9-13H2,1-4H3. The van der Waals surface area contributed by atoms with E-state index in [1.165, 1.54) is 34.9 Å². The Morgan fingerprint density at radius 1 is 1.28 bits per heavy atom. The Morgan fingerprint density at radius 2 is 2.00 bits per heavy atom. The number of carbonyl (C=O) groups excluding carboxylic acids is 1. The minimum absolute atomic E-state index is 0.194. The number of amides is 1. The zero-order chi connectivity index (χ0) is 18.0. The summed E-state index contributed by atoms with van der Waals surface area (Å²) in [4.78, 5) is 19.8. The van der Waals surface area contributed by atoms with Gasteiger partial charge in [0.05, 0.1) is 7.11 Å². The topological polar surface area (TPSA) is 42.0 Å². The molecule has 0 bridgehead atoms. The summed E-state index contributed by atoms with van der Waals surface area (Å²) in [6, 6.07) is 0. The zero-order valence-electron chi connectivity index (χ0n) is 15.8. The number of rotatable bonds is 2. The largest absolute Gasteiger partial charge is 0.444 e. The first kappa shape index (κ1) is 18.6. The first-order valence-electron chi connectivity index (χ1n) is 9.26. The number of thioether (sulfide) groups is 1. The van der Waals surface area contributed by atoms with Gasteiger partial charge in [-0.1, -0.05) is 6.08 Å². The molecule has 1 saturated heterocycles. The number of allylic oxidation sites excluding steroid dienone is 3. The van der Waals surface area contributed by atoms with Crippen LogP contribution >= 0.6 is 11.8 Å². The van der Waals surface area contributed by atoms with Crippen LogP contribution in [0.1, 0.15) is 52.9 Å². The van der Waals surface area contributed by atoms with Crippen LogP contribution in [0.3, 0.4) is 0 Å². The molecular weight excluding hydrogens is 336 g/mol. The van der Waals surface area contributed by atoms with Crippen LogP contribution < -0.4 is 0 Å². The van der Waals surface area contributed by atoms with Crippen molar-refractivity contribution in [2.75, 3.05) is 26.0 Å². The number of hydrogen-bond acceptors (Lipinski definition) is 5. The van der Waals surface area contributed by atoms with E-state index < -0.39 is 5.60 Å². The molecule has 0 unspecified atom stereocenters. The van der Waals surface area contributed by atoms with Crippen molar-refractivity contribution in [3.8, 4) is 0 Å². The first-order chi connectivity index (χ1) is 11.9. The lowest BCUT2D eigenvalue weighted by atomic mass is 9.90. The summed E-state index contributed by atoms with van der Waals surface area (Å²) in [5.41, 5.74) is 2.35. The van der Waals surface area contributed by atoms with E-state index in [0.717, 1.165) is 32.4 Å². The predicted octanol–water partition coefficient (Wildman–Crippen LogP) is 4.52. The van der Waals surface area contributed by atoms with Gasteiger partial charge in [0.15, 0.2) is 0 Å². The highest BCUT2D eigenvalue weighted by Crippen LogP contribution is 2.42. The fourth-order valence-electron chi connectivity index (χ4n) is 3.69. The Hall–Kier alpha value is -1.14. The van der Waals surface area contributed by atoms with Crippen LogP contribution in [0.5, 0.6) is 0 Å². The predicted molar refractivity (Wildman–Crippen MR) is 101 cm³/mol. The second-order valence-corrected chi connectivity index (χ2v) is 9.00. The summed E-state index contributed by atoms with van der Waals surface area (Å²) in [5, 5.41) is 3.36. The molecule has 0 aromatic carbocycles. The van der Waals surface area contributed by atoms with Crippen molar-refractivity contribution in [3.05, 3.63) is 22.4 Å².